The van der Waals surface area contributed by atoms with Gasteiger partial charge in [-0.25, -0.2) is 0 Å². The Morgan fingerprint density at radius 3 is 2.89 bits per heavy atom. The van der Waals surface area contributed by atoms with Crippen LogP contribution in [0, 0.1) is 18.3 Å². The number of aryl methyl sites for hydroxylation is 1. The van der Waals surface area contributed by atoms with Crippen LogP contribution in [0.15, 0.2) is 36.7 Å². The zero-order valence-electron chi connectivity index (χ0n) is 10.9. The molecule has 1 aromatic carbocycles. The number of nitrogens with zero attached hydrogens (tertiary/aromatic N) is 2. The highest BCUT2D eigenvalue weighted by molar-refractivity contribution is 5.58. The third-order valence-corrected chi connectivity index (χ3v) is 3.04. The topological polar surface area (TPSA) is 74.7 Å². The Hall–Kier alpha value is -2.54. The van der Waals surface area contributed by atoms with Gasteiger partial charge in [0.25, 0.3) is 0 Å². The normalized spacial score (nSPS) is 9.89. The summed E-state index contributed by atoms with van der Waals surface area (Å²) in [6.07, 6.45) is 3.97. The fraction of sp³-hybridized carbons (Fsp3) is 0.200. The minimum absolute atomic E-state index is 0.327. The Balaban J connectivity index is 2.10. The fourth-order valence-corrected chi connectivity index (χ4v) is 1.83. The molecule has 1 heterocycles. The van der Waals surface area contributed by atoms with Crippen LogP contribution in [0.3, 0.4) is 0 Å². The maximum atomic E-state index is 8.75. The number of hydrogen-bond acceptors (Lipinski definition) is 4. The van der Waals surface area contributed by atoms with Crippen LogP contribution in [-0.4, -0.2) is 4.98 Å². The molecule has 3 N–H and O–H groups in total. The summed E-state index contributed by atoms with van der Waals surface area (Å²) in [6, 6.07) is 9.77. The van der Waals surface area contributed by atoms with E-state index in [0.29, 0.717) is 18.7 Å². The molecule has 0 saturated heterocycles. The molecule has 0 unspecified atom stereocenters. The van der Waals surface area contributed by atoms with E-state index >= 15 is 0 Å². The predicted octanol–water partition coefficient (Wildman–Crippen LogP) is 2.65. The predicted molar refractivity (Wildman–Crippen MR) is 76.5 cm³/mol. The molecule has 2 rings (SSSR count). The lowest BCUT2D eigenvalue weighted by molar-refractivity contribution is 1.08. The maximum absolute atomic E-state index is 8.75. The average Bonchev–Trinajstić information content (AvgIpc) is 2.41. The Labute approximate surface area is 112 Å². The third-order valence-electron chi connectivity index (χ3n) is 3.04. The van der Waals surface area contributed by atoms with Crippen LogP contribution >= 0.6 is 0 Å². The molecule has 0 atom stereocenters. The van der Waals surface area contributed by atoms with Crippen LogP contribution < -0.4 is 11.1 Å². The molecule has 0 bridgehead atoms. The van der Waals surface area contributed by atoms with Gasteiger partial charge in [0.2, 0.25) is 0 Å². The first-order chi connectivity index (χ1) is 9.20. The van der Waals surface area contributed by atoms with Gasteiger partial charge in [-0.3, -0.25) is 4.98 Å². The minimum atomic E-state index is 0.327. The quantitative estimate of drug-likeness (QED) is 0.820. The van der Waals surface area contributed by atoms with E-state index in [2.05, 4.69) is 23.3 Å². The number of hydrogen-bond donors (Lipinski definition) is 2. The number of aromatic nitrogens is 1. The van der Waals surface area contributed by atoms with Gasteiger partial charge in [-0.1, -0.05) is 0 Å². The lowest BCUT2D eigenvalue weighted by Crippen LogP contribution is -2.03. The molecule has 2 aromatic rings. The first-order valence-electron chi connectivity index (χ1n) is 6.09. The van der Waals surface area contributed by atoms with Gasteiger partial charge >= 0.3 is 0 Å². The van der Waals surface area contributed by atoms with E-state index in [1.807, 2.05) is 30.5 Å². The zero-order valence-corrected chi connectivity index (χ0v) is 10.9. The van der Waals surface area contributed by atoms with E-state index in [-0.39, 0.29) is 0 Å². The lowest BCUT2D eigenvalue weighted by Gasteiger charge is -2.10. The first-order valence-corrected chi connectivity index (χ1v) is 6.09. The standard InChI is InChI=1S/C15H16N4/c1-11-5-7-18-9-13(11)10-19-14-2-3-15(17)12(8-14)4-6-16/h2-3,5,7-9,19H,4,10,17H2,1H3. The molecule has 0 aliphatic rings. The Bertz CT molecular complexity index is 614. The Kier molecular flexibility index (Phi) is 3.99. The molecule has 1 aromatic heterocycles. The van der Waals surface area contributed by atoms with Crippen molar-refractivity contribution in [2.75, 3.05) is 11.1 Å². The van der Waals surface area contributed by atoms with Crippen LogP contribution in [0.25, 0.3) is 0 Å². The number of anilines is 2. The van der Waals surface area contributed by atoms with E-state index in [4.69, 9.17) is 11.0 Å². The van der Waals surface area contributed by atoms with Gasteiger partial charge in [-0.2, -0.15) is 5.26 Å². The van der Waals surface area contributed by atoms with Gasteiger partial charge in [0.05, 0.1) is 12.5 Å². The molecule has 96 valence electrons. The summed E-state index contributed by atoms with van der Waals surface area (Å²) in [5.41, 5.74) is 10.7. The Morgan fingerprint density at radius 1 is 1.32 bits per heavy atom. The molecule has 0 aliphatic heterocycles. The van der Waals surface area contributed by atoms with Crippen LogP contribution in [0.5, 0.6) is 0 Å². The monoisotopic (exact) mass is 252 g/mol. The first kappa shape index (κ1) is 12.9. The van der Waals surface area contributed by atoms with Crippen molar-refractivity contribution in [2.45, 2.75) is 19.9 Å². The van der Waals surface area contributed by atoms with Crippen LogP contribution in [0.2, 0.25) is 0 Å². The largest absolute Gasteiger partial charge is 0.398 e. The van der Waals surface area contributed by atoms with Crippen LogP contribution in [0.4, 0.5) is 11.4 Å². The van der Waals surface area contributed by atoms with Crippen molar-refractivity contribution in [2.24, 2.45) is 0 Å². The van der Waals surface area contributed by atoms with Crippen molar-refractivity contribution in [3.05, 3.63) is 53.3 Å². The van der Waals surface area contributed by atoms with Crippen LogP contribution in [-0.2, 0) is 13.0 Å². The summed E-state index contributed by atoms with van der Waals surface area (Å²) in [5, 5.41) is 12.1. The molecule has 19 heavy (non-hydrogen) atoms. The second kappa shape index (κ2) is 5.87. The lowest BCUT2D eigenvalue weighted by atomic mass is 10.1. The van der Waals surface area contributed by atoms with Crippen molar-refractivity contribution < 1.29 is 0 Å². The second-order valence-corrected chi connectivity index (χ2v) is 4.40. The second-order valence-electron chi connectivity index (χ2n) is 4.40. The van der Waals surface area contributed by atoms with Crippen LogP contribution in [0.1, 0.15) is 16.7 Å². The van der Waals surface area contributed by atoms with Gasteiger partial charge in [0.1, 0.15) is 0 Å². The van der Waals surface area contributed by atoms with E-state index in [1.54, 1.807) is 6.20 Å². The Morgan fingerprint density at radius 2 is 2.16 bits per heavy atom. The number of nitrogens with two attached hydrogens (primary N) is 1. The molecule has 0 aliphatic carbocycles. The highest BCUT2D eigenvalue weighted by atomic mass is 14.9. The van der Waals surface area contributed by atoms with Crippen molar-refractivity contribution in [3.63, 3.8) is 0 Å². The maximum Gasteiger partial charge on any atom is 0.0670 e. The van der Waals surface area contributed by atoms with Gasteiger partial charge in [0, 0.05) is 30.3 Å². The molecule has 4 nitrogen and oxygen atoms in total. The number of nitrogen functional groups attached to an aromatic ring is 1. The van der Waals surface area contributed by atoms with E-state index in [9.17, 15) is 0 Å². The smallest absolute Gasteiger partial charge is 0.0670 e. The molecular weight excluding hydrogens is 236 g/mol. The van der Waals surface area contributed by atoms with Crippen molar-refractivity contribution in [1.82, 2.24) is 4.98 Å². The van der Waals surface area contributed by atoms with E-state index < -0.39 is 0 Å². The molecule has 0 saturated carbocycles. The molecule has 0 spiro atoms. The fourth-order valence-electron chi connectivity index (χ4n) is 1.83. The molecule has 0 fully saturated rings. The molecular formula is C15H16N4. The van der Waals surface area contributed by atoms with Gasteiger partial charge in [0.15, 0.2) is 0 Å². The van der Waals surface area contributed by atoms with Crippen molar-refractivity contribution in [3.8, 4) is 6.07 Å². The highest BCUT2D eigenvalue weighted by Crippen LogP contribution is 2.19. The summed E-state index contributed by atoms with van der Waals surface area (Å²) in [7, 11) is 0. The SMILES string of the molecule is Cc1ccncc1CNc1ccc(N)c(CC#N)c1. The molecule has 0 amide bonds. The highest BCUT2D eigenvalue weighted by Gasteiger charge is 2.02. The molecule has 4 heteroatoms. The van der Waals surface area contributed by atoms with Gasteiger partial charge < -0.3 is 11.1 Å². The number of nitrogens with one attached hydrogen (secondary N) is 1. The van der Waals surface area contributed by atoms with Gasteiger partial charge in [-0.15, -0.1) is 0 Å². The summed E-state index contributed by atoms with van der Waals surface area (Å²) in [4.78, 5) is 4.12. The number of benzene rings is 1. The molecule has 0 radical (unpaired) electrons. The van der Waals surface area contributed by atoms with Crippen molar-refractivity contribution in [1.29, 1.82) is 5.26 Å². The summed E-state index contributed by atoms with van der Waals surface area (Å²) >= 11 is 0. The zero-order chi connectivity index (χ0) is 13.7. The van der Waals surface area contributed by atoms with E-state index in [1.165, 1.54) is 5.56 Å². The van der Waals surface area contributed by atoms with E-state index in [0.717, 1.165) is 16.8 Å². The number of rotatable bonds is 4. The summed E-state index contributed by atoms with van der Waals surface area (Å²) < 4.78 is 0. The number of nitriles is 1. The van der Waals surface area contributed by atoms with Gasteiger partial charge in [-0.05, 0) is 47.9 Å². The minimum Gasteiger partial charge on any atom is -0.398 e. The number of pyridine rings is 1. The van der Waals surface area contributed by atoms with Crippen molar-refractivity contribution >= 4 is 11.4 Å². The summed E-state index contributed by atoms with van der Waals surface area (Å²) in [6.45, 7) is 2.76. The average molecular weight is 252 g/mol. The summed E-state index contributed by atoms with van der Waals surface area (Å²) in [5.74, 6) is 0. The third kappa shape index (κ3) is 3.23.